The molecule has 0 bridgehead atoms. The molecule has 1 heterocycles. The predicted molar refractivity (Wildman–Crippen MR) is 60.6 cm³/mol. The SMILES string of the molecule is Nc1ccnn1C(=O)C(N)c1ccccc1. The molecule has 16 heavy (non-hydrogen) atoms. The van der Waals surface area contributed by atoms with E-state index in [-0.39, 0.29) is 11.7 Å². The molecule has 4 N–H and O–H groups in total. The molecule has 1 atom stereocenters. The third-order valence-corrected chi connectivity index (χ3v) is 2.31. The van der Waals surface area contributed by atoms with Crippen molar-refractivity contribution in [3.8, 4) is 0 Å². The van der Waals surface area contributed by atoms with Gasteiger partial charge in [-0.3, -0.25) is 4.79 Å². The average Bonchev–Trinajstić information content (AvgIpc) is 2.75. The number of anilines is 1. The molecule has 1 aromatic heterocycles. The first kappa shape index (κ1) is 10.4. The first-order valence-electron chi connectivity index (χ1n) is 4.84. The van der Waals surface area contributed by atoms with Crippen molar-refractivity contribution in [2.45, 2.75) is 6.04 Å². The Hall–Kier alpha value is -2.14. The van der Waals surface area contributed by atoms with E-state index in [0.29, 0.717) is 0 Å². The van der Waals surface area contributed by atoms with Crippen molar-refractivity contribution in [3.63, 3.8) is 0 Å². The Bertz CT molecular complexity index is 492. The van der Waals surface area contributed by atoms with Gasteiger partial charge in [0.1, 0.15) is 11.9 Å². The third kappa shape index (κ3) is 1.80. The molecule has 1 aromatic carbocycles. The highest BCUT2D eigenvalue weighted by Crippen LogP contribution is 2.13. The molecule has 2 rings (SSSR count). The minimum Gasteiger partial charge on any atom is -0.383 e. The Morgan fingerprint density at radius 3 is 2.50 bits per heavy atom. The predicted octanol–water partition coefficient (Wildman–Crippen LogP) is 0.805. The lowest BCUT2D eigenvalue weighted by Crippen LogP contribution is -2.28. The van der Waals surface area contributed by atoms with Crippen LogP contribution >= 0.6 is 0 Å². The Balaban J connectivity index is 2.27. The molecule has 0 saturated carbocycles. The molecule has 5 heteroatoms. The van der Waals surface area contributed by atoms with Gasteiger partial charge in [-0.1, -0.05) is 30.3 Å². The largest absolute Gasteiger partial charge is 0.383 e. The van der Waals surface area contributed by atoms with Gasteiger partial charge in [-0.15, -0.1) is 0 Å². The molecule has 0 spiro atoms. The summed E-state index contributed by atoms with van der Waals surface area (Å²) < 4.78 is 1.11. The summed E-state index contributed by atoms with van der Waals surface area (Å²) in [5.74, 6) is -0.0509. The lowest BCUT2D eigenvalue weighted by atomic mass is 10.1. The first-order chi connectivity index (χ1) is 7.70. The number of aromatic nitrogens is 2. The zero-order chi connectivity index (χ0) is 11.5. The number of hydrogen-bond donors (Lipinski definition) is 2. The van der Waals surface area contributed by atoms with Gasteiger partial charge in [-0.2, -0.15) is 9.78 Å². The van der Waals surface area contributed by atoms with E-state index in [2.05, 4.69) is 5.10 Å². The highest BCUT2D eigenvalue weighted by Gasteiger charge is 2.19. The molecular weight excluding hydrogens is 204 g/mol. The van der Waals surface area contributed by atoms with Crippen molar-refractivity contribution < 1.29 is 4.79 Å². The van der Waals surface area contributed by atoms with Gasteiger partial charge in [0.05, 0.1) is 6.20 Å². The molecule has 5 nitrogen and oxygen atoms in total. The molecular formula is C11H12N4O. The molecule has 0 aliphatic heterocycles. The van der Waals surface area contributed by atoms with Crippen LogP contribution < -0.4 is 11.5 Å². The van der Waals surface area contributed by atoms with Crippen LogP contribution in [0.15, 0.2) is 42.6 Å². The molecule has 0 fully saturated rings. The fourth-order valence-corrected chi connectivity index (χ4v) is 1.43. The van der Waals surface area contributed by atoms with E-state index in [1.54, 1.807) is 18.2 Å². The average molecular weight is 216 g/mol. The molecule has 1 unspecified atom stereocenters. The summed E-state index contributed by atoms with van der Waals surface area (Å²) >= 11 is 0. The number of nitrogens with zero attached hydrogens (tertiary/aromatic N) is 2. The van der Waals surface area contributed by atoms with Gasteiger partial charge in [0.25, 0.3) is 5.91 Å². The van der Waals surface area contributed by atoms with Crippen LogP contribution in [0.25, 0.3) is 0 Å². The monoisotopic (exact) mass is 216 g/mol. The van der Waals surface area contributed by atoms with Gasteiger partial charge in [0, 0.05) is 6.07 Å². The fourth-order valence-electron chi connectivity index (χ4n) is 1.43. The summed E-state index contributed by atoms with van der Waals surface area (Å²) in [5.41, 5.74) is 12.2. The van der Waals surface area contributed by atoms with Crippen LogP contribution in [0.1, 0.15) is 16.4 Å². The van der Waals surface area contributed by atoms with Crippen LogP contribution in [0, 0.1) is 0 Å². The Kier molecular flexibility index (Phi) is 2.70. The highest BCUT2D eigenvalue weighted by molar-refractivity contribution is 5.86. The Labute approximate surface area is 92.7 Å². The Morgan fingerprint density at radius 2 is 1.94 bits per heavy atom. The topological polar surface area (TPSA) is 86.9 Å². The standard InChI is InChI=1S/C11H12N4O/c12-9-6-7-14-15(9)11(16)10(13)8-4-2-1-3-5-8/h1-7,10H,12-13H2. The second-order valence-corrected chi connectivity index (χ2v) is 3.39. The zero-order valence-corrected chi connectivity index (χ0v) is 8.58. The number of rotatable bonds is 2. The van der Waals surface area contributed by atoms with Gasteiger partial charge in [0.15, 0.2) is 0 Å². The molecule has 0 radical (unpaired) electrons. The maximum absolute atomic E-state index is 11.9. The van der Waals surface area contributed by atoms with Crippen molar-refractivity contribution in [2.24, 2.45) is 5.73 Å². The lowest BCUT2D eigenvalue weighted by molar-refractivity contribution is 0.0866. The summed E-state index contributed by atoms with van der Waals surface area (Å²) in [6.07, 6.45) is 1.46. The van der Waals surface area contributed by atoms with Crippen LogP contribution in [-0.4, -0.2) is 15.7 Å². The maximum atomic E-state index is 11.9. The maximum Gasteiger partial charge on any atom is 0.270 e. The van der Waals surface area contributed by atoms with Gasteiger partial charge in [-0.05, 0) is 5.56 Å². The molecule has 0 amide bonds. The number of carbonyl (C=O) groups is 1. The van der Waals surface area contributed by atoms with Crippen molar-refractivity contribution >= 4 is 11.7 Å². The van der Waals surface area contributed by atoms with E-state index >= 15 is 0 Å². The molecule has 0 aliphatic rings. The second-order valence-electron chi connectivity index (χ2n) is 3.39. The van der Waals surface area contributed by atoms with Crippen LogP contribution in [0.4, 0.5) is 5.82 Å². The Morgan fingerprint density at radius 1 is 1.25 bits per heavy atom. The van der Waals surface area contributed by atoms with Crippen molar-refractivity contribution in [1.82, 2.24) is 9.78 Å². The smallest absolute Gasteiger partial charge is 0.270 e. The number of benzene rings is 1. The van der Waals surface area contributed by atoms with Crippen molar-refractivity contribution in [3.05, 3.63) is 48.2 Å². The van der Waals surface area contributed by atoms with Crippen LogP contribution in [0.3, 0.4) is 0 Å². The van der Waals surface area contributed by atoms with Gasteiger partial charge >= 0.3 is 0 Å². The van der Waals surface area contributed by atoms with E-state index in [4.69, 9.17) is 11.5 Å². The number of nitrogen functional groups attached to an aromatic ring is 1. The summed E-state index contributed by atoms with van der Waals surface area (Å²) in [7, 11) is 0. The van der Waals surface area contributed by atoms with Gasteiger partial charge in [-0.25, -0.2) is 0 Å². The van der Waals surface area contributed by atoms with Crippen molar-refractivity contribution in [2.75, 3.05) is 5.73 Å². The summed E-state index contributed by atoms with van der Waals surface area (Å²) in [5, 5.41) is 3.82. The number of hydrogen-bond acceptors (Lipinski definition) is 4. The summed E-state index contributed by atoms with van der Waals surface area (Å²) in [6.45, 7) is 0. The number of carbonyl (C=O) groups excluding carboxylic acids is 1. The normalized spacial score (nSPS) is 12.3. The van der Waals surface area contributed by atoms with E-state index in [1.165, 1.54) is 6.20 Å². The van der Waals surface area contributed by atoms with Gasteiger partial charge in [0.2, 0.25) is 0 Å². The number of nitrogens with two attached hydrogens (primary N) is 2. The zero-order valence-electron chi connectivity index (χ0n) is 8.58. The fraction of sp³-hybridized carbons (Fsp3) is 0.0909. The highest BCUT2D eigenvalue weighted by atomic mass is 16.2. The van der Waals surface area contributed by atoms with E-state index in [9.17, 15) is 4.79 Å². The first-order valence-corrected chi connectivity index (χ1v) is 4.84. The quantitative estimate of drug-likeness (QED) is 0.777. The van der Waals surface area contributed by atoms with Crippen LogP contribution in [0.5, 0.6) is 0 Å². The van der Waals surface area contributed by atoms with E-state index in [1.807, 2.05) is 18.2 Å². The van der Waals surface area contributed by atoms with E-state index < -0.39 is 6.04 Å². The van der Waals surface area contributed by atoms with E-state index in [0.717, 1.165) is 10.2 Å². The molecule has 82 valence electrons. The molecule has 2 aromatic rings. The molecule has 0 aliphatic carbocycles. The van der Waals surface area contributed by atoms with Crippen molar-refractivity contribution in [1.29, 1.82) is 0 Å². The second kappa shape index (κ2) is 4.16. The molecule has 0 saturated heterocycles. The third-order valence-electron chi connectivity index (χ3n) is 2.31. The summed E-state index contributed by atoms with van der Waals surface area (Å²) in [6, 6.07) is 9.91. The summed E-state index contributed by atoms with van der Waals surface area (Å²) in [4.78, 5) is 11.9. The van der Waals surface area contributed by atoms with Crippen LogP contribution in [-0.2, 0) is 0 Å². The van der Waals surface area contributed by atoms with Gasteiger partial charge < -0.3 is 11.5 Å². The lowest BCUT2D eigenvalue weighted by Gasteiger charge is -2.11. The minimum absolute atomic E-state index is 0.288. The van der Waals surface area contributed by atoms with Crippen LogP contribution in [0.2, 0.25) is 0 Å². The minimum atomic E-state index is -0.747.